The Hall–Kier alpha value is -3.68. The van der Waals surface area contributed by atoms with Gasteiger partial charge in [-0.25, -0.2) is 0 Å². The second-order valence-corrected chi connectivity index (χ2v) is 7.04. The van der Waals surface area contributed by atoms with Crippen LogP contribution in [0.1, 0.15) is 11.4 Å². The summed E-state index contributed by atoms with van der Waals surface area (Å²) >= 11 is 0. The molecular formula is C21H22N6O2. The van der Waals surface area contributed by atoms with Crippen LogP contribution in [0.2, 0.25) is 0 Å². The minimum Gasteiger partial charge on any atom is -0.492 e. The lowest BCUT2D eigenvalue weighted by Crippen LogP contribution is -2.30. The maximum absolute atomic E-state index is 11.7. The number of allylic oxidation sites excluding steroid dienone is 2. The van der Waals surface area contributed by atoms with Crippen LogP contribution < -0.4 is 16.0 Å². The van der Waals surface area contributed by atoms with Gasteiger partial charge < -0.3 is 20.7 Å². The van der Waals surface area contributed by atoms with Gasteiger partial charge >= 0.3 is 0 Å². The van der Waals surface area contributed by atoms with Gasteiger partial charge in [0.05, 0.1) is 17.8 Å². The summed E-state index contributed by atoms with van der Waals surface area (Å²) in [5.41, 5.74) is 7.83. The summed E-state index contributed by atoms with van der Waals surface area (Å²) in [6.07, 6.45) is 6.62. The fraction of sp³-hybridized carbons (Fsp3) is 0.238. The molecule has 4 rings (SSSR count). The fourth-order valence-electron chi connectivity index (χ4n) is 3.29. The van der Waals surface area contributed by atoms with Crippen molar-refractivity contribution in [2.45, 2.75) is 12.6 Å². The number of carbonyl (C=O) groups excluding carboxylic acids is 1. The Labute approximate surface area is 168 Å². The Balaban J connectivity index is 1.62. The summed E-state index contributed by atoms with van der Waals surface area (Å²) in [5, 5.41) is 3.26. The zero-order valence-corrected chi connectivity index (χ0v) is 16.2. The summed E-state index contributed by atoms with van der Waals surface area (Å²) < 4.78 is 5.75. The number of primary amides is 1. The molecule has 2 aliphatic rings. The molecule has 0 fully saturated rings. The van der Waals surface area contributed by atoms with Gasteiger partial charge in [-0.15, -0.1) is 0 Å². The average molecular weight is 390 g/mol. The number of anilines is 2. The van der Waals surface area contributed by atoms with Crippen LogP contribution in [-0.4, -0.2) is 41.1 Å². The summed E-state index contributed by atoms with van der Waals surface area (Å²) in [4.78, 5) is 27.2. The highest BCUT2D eigenvalue weighted by Crippen LogP contribution is 2.38. The molecule has 8 heteroatoms. The first-order valence-electron chi connectivity index (χ1n) is 9.28. The summed E-state index contributed by atoms with van der Waals surface area (Å²) in [7, 11) is 3.74. The lowest BCUT2D eigenvalue weighted by Gasteiger charge is -2.22. The number of benzene rings is 1. The lowest BCUT2D eigenvalue weighted by molar-refractivity contribution is -0.115. The van der Waals surface area contributed by atoms with E-state index in [-0.39, 0.29) is 5.92 Å². The molecule has 2 unspecified atom stereocenters. The Morgan fingerprint density at radius 1 is 1.21 bits per heavy atom. The van der Waals surface area contributed by atoms with Crippen LogP contribution in [0.5, 0.6) is 0 Å². The number of fused-ring (bicyclic) bond motifs is 1. The van der Waals surface area contributed by atoms with Crippen molar-refractivity contribution < 1.29 is 9.53 Å². The third kappa shape index (κ3) is 3.82. The third-order valence-corrected chi connectivity index (χ3v) is 4.79. The van der Waals surface area contributed by atoms with E-state index in [1.807, 2.05) is 61.5 Å². The van der Waals surface area contributed by atoms with Gasteiger partial charge in [0.2, 0.25) is 17.8 Å². The first kappa shape index (κ1) is 18.7. The SMILES string of the molecule is CN(C)c1nc(NCc2ccccc2)nc(C2=COC3C(C(N)=O)=CC=CC23)n1. The van der Waals surface area contributed by atoms with Crippen molar-refractivity contribution in [3.05, 3.63) is 71.8 Å². The van der Waals surface area contributed by atoms with Crippen LogP contribution >= 0.6 is 0 Å². The quantitative estimate of drug-likeness (QED) is 0.776. The normalized spacial score (nSPS) is 19.7. The van der Waals surface area contributed by atoms with Crippen molar-refractivity contribution in [3.8, 4) is 0 Å². The van der Waals surface area contributed by atoms with Crippen molar-refractivity contribution in [3.63, 3.8) is 0 Å². The Kier molecular flexibility index (Phi) is 4.99. The molecule has 1 aliphatic heterocycles. The van der Waals surface area contributed by atoms with Crippen LogP contribution in [0.4, 0.5) is 11.9 Å². The minimum absolute atomic E-state index is 0.179. The highest BCUT2D eigenvalue weighted by molar-refractivity contribution is 5.94. The lowest BCUT2D eigenvalue weighted by atomic mass is 9.86. The van der Waals surface area contributed by atoms with Gasteiger partial charge in [-0.2, -0.15) is 15.0 Å². The number of rotatable bonds is 6. The summed E-state index contributed by atoms with van der Waals surface area (Å²) in [5.74, 6) is 0.829. The number of nitrogens with one attached hydrogen (secondary N) is 1. The molecule has 3 N–H and O–H groups in total. The monoisotopic (exact) mass is 390 g/mol. The Morgan fingerprint density at radius 3 is 2.72 bits per heavy atom. The standard InChI is InChI=1S/C21H22N6O2/c1-27(2)21-25-19(24-20(26-21)23-11-13-7-4-3-5-8-13)16-12-29-17-14(16)9-6-10-15(17)18(22)28/h3-10,12,14,17H,11H2,1-2H3,(H2,22,28)(H,23,24,25,26). The highest BCUT2D eigenvalue weighted by atomic mass is 16.5. The smallest absolute Gasteiger partial charge is 0.248 e. The Morgan fingerprint density at radius 2 is 2.00 bits per heavy atom. The van der Waals surface area contributed by atoms with Gasteiger partial charge in [0, 0.05) is 26.2 Å². The summed E-state index contributed by atoms with van der Waals surface area (Å²) in [6, 6.07) is 10.0. The van der Waals surface area contributed by atoms with Gasteiger partial charge in [0.15, 0.2) is 5.82 Å². The molecule has 2 aromatic rings. The third-order valence-electron chi connectivity index (χ3n) is 4.79. The van der Waals surface area contributed by atoms with E-state index in [2.05, 4.69) is 20.3 Å². The molecule has 0 saturated heterocycles. The van der Waals surface area contributed by atoms with E-state index < -0.39 is 12.0 Å². The number of amides is 1. The second-order valence-electron chi connectivity index (χ2n) is 7.04. The van der Waals surface area contributed by atoms with E-state index in [0.29, 0.717) is 29.8 Å². The van der Waals surface area contributed by atoms with E-state index in [1.165, 1.54) is 0 Å². The minimum atomic E-state index is -0.492. The zero-order valence-electron chi connectivity index (χ0n) is 16.2. The number of aromatic nitrogens is 3. The molecule has 0 radical (unpaired) electrons. The number of hydrogen-bond acceptors (Lipinski definition) is 7. The molecule has 2 heterocycles. The molecule has 2 atom stereocenters. The maximum Gasteiger partial charge on any atom is 0.248 e. The van der Waals surface area contributed by atoms with E-state index >= 15 is 0 Å². The molecule has 29 heavy (non-hydrogen) atoms. The number of nitrogens with two attached hydrogens (primary N) is 1. The zero-order chi connectivity index (χ0) is 20.4. The molecule has 0 bridgehead atoms. The van der Waals surface area contributed by atoms with Crippen molar-refractivity contribution in [2.75, 3.05) is 24.3 Å². The molecule has 1 aliphatic carbocycles. The second kappa shape index (κ2) is 7.75. The van der Waals surface area contributed by atoms with Gasteiger partial charge in [-0.1, -0.05) is 48.6 Å². The van der Waals surface area contributed by atoms with E-state index in [1.54, 1.807) is 12.3 Å². The number of hydrogen-bond donors (Lipinski definition) is 2. The number of carbonyl (C=O) groups is 1. The van der Waals surface area contributed by atoms with E-state index in [0.717, 1.165) is 11.1 Å². The van der Waals surface area contributed by atoms with Crippen LogP contribution in [-0.2, 0) is 16.1 Å². The topological polar surface area (TPSA) is 106 Å². The van der Waals surface area contributed by atoms with Crippen molar-refractivity contribution in [1.29, 1.82) is 0 Å². The predicted molar refractivity (Wildman–Crippen MR) is 111 cm³/mol. The molecule has 148 valence electrons. The first-order chi connectivity index (χ1) is 14.0. The predicted octanol–water partition coefficient (Wildman–Crippen LogP) is 1.89. The van der Waals surface area contributed by atoms with Crippen LogP contribution in [0.15, 0.2) is 60.4 Å². The van der Waals surface area contributed by atoms with Gasteiger partial charge in [-0.3, -0.25) is 4.79 Å². The molecular weight excluding hydrogens is 368 g/mol. The molecule has 1 amide bonds. The van der Waals surface area contributed by atoms with Crippen molar-refractivity contribution in [2.24, 2.45) is 11.7 Å². The molecule has 0 saturated carbocycles. The van der Waals surface area contributed by atoms with Gasteiger partial charge in [0.1, 0.15) is 6.10 Å². The van der Waals surface area contributed by atoms with Crippen LogP contribution in [0.25, 0.3) is 5.57 Å². The molecule has 1 aromatic heterocycles. The molecule has 8 nitrogen and oxygen atoms in total. The molecule has 0 spiro atoms. The van der Waals surface area contributed by atoms with Crippen LogP contribution in [0.3, 0.4) is 0 Å². The van der Waals surface area contributed by atoms with Gasteiger partial charge in [0.25, 0.3) is 0 Å². The average Bonchev–Trinajstić information content (AvgIpc) is 3.17. The van der Waals surface area contributed by atoms with E-state index in [4.69, 9.17) is 10.5 Å². The van der Waals surface area contributed by atoms with Gasteiger partial charge in [-0.05, 0) is 5.56 Å². The highest BCUT2D eigenvalue weighted by Gasteiger charge is 2.38. The largest absolute Gasteiger partial charge is 0.492 e. The number of nitrogens with zero attached hydrogens (tertiary/aromatic N) is 4. The van der Waals surface area contributed by atoms with Crippen LogP contribution in [0, 0.1) is 5.92 Å². The Bertz CT molecular complexity index is 1010. The first-order valence-corrected chi connectivity index (χ1v) is 9.28. The fourth-order valence-corrected chi connectivity index (χ4v) is 3.29. The number of ether oxygens (including phenoxy) is 1. The summed E-state index contributed by atoms with van der Waals surface area (Å²) in [6.45, 7) is 0.591. The molecule has 1 aromatic carbocycles. The van der Waals surface area contributed by atoms with E-state index in [9.17, 15) is 4.79 Å². The van der Waals surface area contributed by atoms with Crippen molar-refractivity contribution >= 4 is 23.4 Å². The maximum atomic E-state index is 11.7. The van der Waals surface area contributed by atoms with Crippen molar-refractivity contribution in [1.82, 2.24) is 15.0 Å².